The minimum atomic E-state index is -0.195. The highest BCUT2D eigenvalue weighted by Crippen LogP contribution is 2.33. The Morgan fingerprint density at radius 3 is 2.38 bits per heavy atom. The number of ether oxygens (including phenoxy) is 1. The van der Waals surface area contributed by atoms with E-state index in [-0.39, 0.29) is 30.3 Å². The first kappa shape index (κ1) is 20.6. The molecule has 0 bridgehead atoms. The molecule has 152 valence electrons. The van der Waals surface area contributed by atoms with E-state index in [0.717, 1.165) is 22.6 Å². The molecule has 2 aromatic carbocycles. The molecule has 0 aromatic heterocycles. The summed E-state index contributed by atoms with van der Waals surface area (Å²) in [4.78, 5) is 26.7. The highest BCUT2D eigenvalue weighted by molar-refractivity contribution is 6.03. The first-order valence-corrected chi connectivity index (χ1v) is 9.74. The Labute approximate surface area is 171 Å². The molecule has 1 aliphatic rings. The number of rotatable bonds is 6. The molecule has 6 heteroatoms. The van der Waals surface area contributed by atoms with Crippen LogP contribution in [0.25, 0.3) is 0 Å². The van der Waals surface area contributed by atoms with E-state index < -0.39 is 0 Å². The molecule has 3 rings (SSSR count). The topological polar surface area (TPSA) is 62.2 Å². The molecule has 0 fully saturated rings. The Morgan fingerprint density at radius 1 is 1.14 bits per heavy atom. The molecule has 0 saturated heterocycles. The number of likely N-dealkylation sites (N-methyl/N-ethyl adjacent to an activating group) is 1. The number of nitrogens with zero attached hydrogens (tertiary/aromatic N) is 3. The minimum absolute atomic E-state index is 0.000258. The van der Waals surface area contributed by atoms with E-state index in [4.69, 9.17) is 4.74 Å². The highest BCUT2D eigenvalue weighted by Gasteiger charge is 2.34. The molecule has 2 amide bonds. The molecule has 0 N–H and O–H groups in total. The zero-order valence-corrected chi connectivity index (χ0v) is 17.3. The third-order valence-corrected chi connectivity index (χ3v) is 5.02. The van der Waals surface area contributed by atoms with Crippen LogP contribution in [0.4, 0.5) is 0 Å². The van der Waals surface area contributed by atoms with Gasteiger partial charge in [0.2, 0.25) is 5.91 Å². The summed E-state index contributed by atoms with van der Waals surface area (Å²) in [5.74, 6) is 0.357. The van der Waals surface area contributed by atoms with E-state index in [1.807, 2.05) is 68.4 Å². The van der Waals surface area contributed by atoms with Crippen molar-refractivity contribution in [1.82, 2.24) is 9.91 Å². The average Bonchev–Trinajstić information content (AvgIpc) is 3.19. The SMILES string of the molecule is COc1ccc(C2=NN(C(=O)CN(C)C(=O)C(C)C)C(c3ccccc3)C2)cc1. The van der Waals surface area contributed by atoms with E-state index in [0.29, 0.717) is 6.42 Å². The minimum Gasteiger partial charge on any atom is -0.497 e. The van der Waals surface area contributed by atoms with Crippen LogP contribution in [0, 0.1) is 5.92 Å². The van der Waals surface area contributed by atoms with Gasteiger partial charge in [0, 0.05) is 19.4 Å². The molecule has 6 nitrogen and oxygen atoms in total. The van der Waals surface area contributed by atoms with Crippen LogP contribution in [0.1, 0.15) is 37.4 Å². The van der Waals surface area contributed by atoms with Crippen molar-refractivity contribution in [3.8, 4) is 5.75 Å². The van der Waals surface area contributed by atoms with Crippen molar-refractivity contribution in [1.29, 1.82) is 0 Å². The fourth-order valence-electron chi connectivity index (χ4n) is 3.43. The number of carbonyl (C=O) groups excluding carboxylic acids is 2. The van der Waals surface area contributed by atoms with Gasteiger partial charge >= 0.3 is 0 Å². The van der Waals surface area contributed by atoms with E-state index in [2.05, 4.69) is 5.10 Å². The number of hydrazone groups is 1. The van der Waals surface area contributed by atoms with Crippen molar-refractivity contribution in [3.63, 3.8) is 0 Å². The van der Waals surface area contributed by atoms with Gasteiger partial charge in [-0.05, 0) is 35.4 Å². The average molecular weight is 393 g/mol. The smallest absolute Gasteiger partial charge is 0.262 e. The molecular weight excluding hydrogens is 366 g/mol. The third-order valence-electron chi connectivity index (χ3n) is 5.02. The van der Waals surface area contributed by atoms with Crippen LogP contribution in [0.3, 0.4) is 0 Å². The molecule has 0 radical (unpaired) electrons. The Bertz CT molecular complexity index is 891. The Kier molecular flexibility index (Phi) is 6.32. The molecular formula is C23H27N3O3. The normalized spacial score (nSPS) is 16.0. The van der Waals surface area contributed by atoms with Crippen molar-refractivity contribution in [2.75, 3.05) is 20.7 Å². The molecule has 0 spiro atoms. The second kappa shape index (κ2) is 8.90. The fourth-order valence-corrected chi connectivity index (χ4v) is 3.43. The van der Waals surface area contributed by atoms with Crippen LogP contribution < -0.4 is 4.74 Å². The van der Waals surface area contributed by atoms with E-state index >= 15 is 0 Å². The van der Waals surface area contributed by atoms with Gasteiger partial charge in [0.1, 0.15) is 12.3 Å². The summed E-state index contributed by atoms with van der Waals surface area (Å²) in [6, 6.07) is 17.3. The summed E-state index contributed by atoms with van der Waals surface area (Å²) >= 11 is 0. The van der Waals surface area contributed by atoms with Crippen LogP contribution in [0.2, 0.25) is 0 Å². The van der Waals surface area contributed by atoms with Gasteiger partial charge in [-0.2, -0.15) is 5.10 Å². The predicted molar refractivity (Wildman–Crippen MR) is 113 cm³/mol. The Balaban J connectivity index is 1.87. The quantitative estimate of drug-likeness (QED) is 0.755. The second-order valence-electron chi connectivity index (χ2n) is 7.49. The number of amides is 2. The van der Waals surface area contributed by atoms with Gasteiger partial charge in [0.25, 0.3) is 5.91 Å². The van der Waals surface area contributed by atoms with Crippen LogP contribution in [0.5, 0.6) is 5.75 Å². The monoisotopic (exact) mass is 393 g/mol. The second-order valence-corrected chi connectivity index (χ2v) is 7.49. The lowest BCUT2D eigenvalue weighted by Gasteiger charge is -2.25. The lowest BCUT2D eigenvalue weighted by Crippen LogP contribution is -2.40. The number of hydrogen-bond donors (Lipinski definition) is 0. The van der Waals surface area contributed by atoms with Crippen molar-refractivity contribution in [3.05, 3.63) is 65.7 Å². The Hall–Kier alpha value is -3.15. The number of hydrogen-bond acceptors (Lipinski definition) is 4. The summed E-state index contributed by atoms with van der Waals surface area (Å²) in [6.07, 6.45) is 0.615. The fraction of sp³-hybridized carbons (Fsp3) is 0.348. The maximum Gasteiger partial charge on any atom is 0.262 e. The zero-order valence-electron chi connectivity index (χ0n) is 17.3. The summed E-state index contributed by atoms with van der Waals surface area (Å²) in [5, 5.41) is 6.18. The molecule has 29 heavy (non-hydrogen) atoms. The number of methoxy groups -OCH3 is 1. The van der Waals surface area contributed by atoms with Crippen LogP contribution >= 0.6 is 0 Å². The van der Waals surface area contributed by atoms with Crippen molar-refractivity contribution >= 4 is 17.5 Å². The largest absolute Gasteiger partial charge is 0.497 e. The lowest BCUT2D eigenvalue weighted by molar-refractivity contribution is -0.142. The molecule has 2 aromatic rings. The van der Waals surface area contributed by atoms with Crippen LogP contribution in [-0.2, 0) is 9.59 Å². The first-order valence-electron chi connectivity index (χ1n) is 9.74. The standard InChI is InChI=1S/C23H27N3O3/c1-16(2)23(28)25(3)15-22(27)26-21(18-8-6-5-7-9-18)14-20(24-26)17-10-12-19(29-4)13-11-17/h5-13,16,21H,14-15H2,1-4H3. The van der Waals surface area contributed by atoms with Crippen LogP contribution in [0.15, 0.2) is 59.7 Å². The maximum atomic E-state index is 13.0. The summed E-state index contributed by atoms with van der Waals surface area (Å²) in [6.45, 7) is 3.65. The van der Waals surface area contributed by atoms with Gasteiger partial charge < -0.3 is 9.64 Å². The van der Waals surface area contributed by atoms with Crippen molar-refractivity contribution in [2.45, 2.75) is 26.3 Å². The predicted octanol–water partition coefficient (Wildman–Crippen LogP) is 3.49. The summed E-state index contributed by atoms with van der Waals surface area (Å²) < 4.78 is 5.23. The van der Waals surface area contributed by atoms with Gasteiger partial charge in [-0.1, -0.05) is 44.2 Å². The molecule has 1 aliphatic heterocycles. The van der Waals surface area contributed by atoms with Gasteiger partial charge in [-0.15, -0.1) is 0 Å². The zero-order chi connectivity index (χ0) is 21.0. The molecule has 1 heterocycles. The van der Waals surface area contributed by atoms with Gasteiger partial charge in [0.05, 0.1) is 18.9 Å². The van der Waals surface area contributed by atoms with E-state index in [9.17, 15) is 9.59 Å². The summed E-state index contributed by atoms with van der Waals surface area (Å²) in [7, 11) is 3.28. The molecule has 1 unspecified atom stereocenters. The summed E-state index contributed by atoms with van der Waals surface area (Å²) in [5.41, 5.74) is 2.81. The van der Waals surface area contributed by atoms with Crippen LogP contribution in [-0.4, -0.2) is 48.1 Å². The van der Waals surface area contributed by atoms with Gasteiger partial charge in [-0.3, -0.25) is 9.59 Å². The van der Waals surface area contributed by atoms with Crippen molar-refractivity contribution in [2.24, 2.45) is 11.0 Å². The lowest BCUT2D eigenvalue weighted by atomic mass is 9.98. The Morgan fingerprint density at radius 2 is 1.79 bits per heavy atom. The molecule has 1 atom stereocenters. The number of carbonyl (C=O) groups is 2. The maximum absolute atomic E-state index is 13.0. The van der Waals surface area contributed by atoms with Crippen molar-refractivity contribution < 1.29 is 14.3 Å². The molecule has 0 aliphatic carbocycles. The van der Waals surface area contributed by atoms with Gasteiger partial charge in [-0.25, -0.2) is 5.01 Å². The molecule has 0 saturated carbocycles. The highest BCUT2D eigenvalue weighted by atomic mass is 16.5. The number of benzene rings is 2. The first-order chi connectivity index (χ1) is 13.9. The third kappa shape index (κ3) is 4.65. The van der Waals surface area contributed by atoms with Gasteiger partial charge in [0.15, 0.2) is 0 Å². The van der Waals surface area contributed by atoms with E-state index in [1.54, 1.807) is 14.2 Å². The van der Waals surface area contributed by atoms with E-state index in [1.165, 1.54) is 9.91 Å².